The topological polar surface area (TPSA) is 60.3 Å². The van der Waals surface area contributed by atoms with Gasteiger partial charge in [0.2, 0.25) is 11.1 Å². The van der Waals surface area contributed by atoms with Crippen molar-refractivity contribution in [3.8, 4) is 5.75 Å². The lowest BCUT2D eigenvalue weighted by Crippen LogP contribution is -2.45. The number of aromatic nitrogens is 3. The van der Waals surface area contributed by atoms with Crippen LogP contribution < -0.4 is 9.75 Å². The van der Waals surface area contributed by atoms with E-state index in [1.165, 1.54) is 17.8 Å². The van der Waals surface area contributed by atoms with Gasteiger partial charge in [0.15, 0.2) is 17.4 Å². The number of nitrogens with zero attached hydrogens (tertiary/aromatic N) is 4. The van der Waals surface area contributed by atoms with Crippen LogP contribution in [-0.4, -0.2) is 33.1 Å². The average molecular weight is 322 g/mol. The summed E-state index contributed by atoms with van der Waals surface area (Å²) in [5.41, 5.74) is 0. The molecule has 2 aromatic rings. The van der Waals surface area contributed by atoms with Crippen molar-refractivity contribution in [3.05, 3.63) is 35.9 Å². The van der Waals surface area contributed by atoms with Crippen molar-refractivity contribution in [1.29, 1.82) is 0 Å². The van der Waals surface area contributed by atoms with Gasteiger partial charge in [0.05, 0.1) is 6.54 Å². The van der Waals surface area contributed by atoms with Crippen LogP contribution in [0.4, 0.5) is 4.39 Å². The predicted molar refractivity (Wildman–Crippen MR) is 79.9 cm³/mol. The normalized spacial score (nSPS) is 13.8. The van der Waals surface area contributed by atoms with Crippen LogP contribution in [-0.2, 0) is 11.4 Å². The molecule has 6 nitrogen and oxygen atoms in total. The minimum atomic E-state index is -0.434. The van der Waals surface area contributed by atoms with E-state index in [1.54, 1.807) is 27.9 Å². The number of carbonyl (C=O) groups is 1. The molecule has 0 spiro atoms. The van der Waals surface area contributed by atoms with Crippen LogP contribution in [0.3, 0.4) is 0 Å². The molecular weight excluding hydrogens is 307 g/mol. The van der Waals surface area contributed by atoms with E-state index in [4.69, 9.17) is 4.74 Å². The molecule has 1 aliphatic rings. The molecule has 0 atom stereocenters. The molecule has 8 heteroatoms. The number of fused-ring (bicyclic) bond motifs is 1. The largest absolute Gasteiger partial charge is 0.482 e. The molecule has 2 heterocycles. The molecule has 1 aromatic heterocycles. The fourth-order valence-corrected chi connectivity index (χ4v) is 3.04. The molecule has 22 heavy (non-hydrogen) atoms. The fourth-order valence-electron chi connectivity index (χ4n) is 2.16. The van der Waals surface area contributed by atoms with Gasteiger partial charge in [-0.3, -0.25) is 4.79 Å². The summed E-state index contributed by atoms with van der Waals surface area (Å²) in [6, 6.07) is 6.17. The molecule has 0 aliphatic carbocycles. The Morgan fingerprint density at radius 2 is 2.23 bits per heavy atom. The highest BCUT2D eigenvalue weighted by Gasteiger charge is 2.26. The predicted octanol–water partition coefficient (Wildman–Crippen LogP) is 1.98. The lowest BCUT2D eigenvalue weighted by atomic mass is 10.3. The molecule has 0 saturated carbocycles. The van der Waals surface area contributed by atoms with Crippen LogP contribution in [0.25, 0.3) is 0 Å². The van der Waals surface area contributed by atoms with Gasteiger partial charge in [0.1, 0.15) is 6.61 Å². The Labute approximate surface area is 131 Å². The molecule has 3 rings (SSSR count). The van der Waals surface area contributed by atoms with Gasteiger partial charge in [0.25, 0.3) is 0 Å². The van der Waals surface area contributed by atoms with Crippen LogP contribution in [0.15, 0.2) is 29.4 Å². The molecule has 116 valence electrons. The van der Waals surface area contributed by atoms with Crippen LogP contribution in [0.1, 0.15) is 19.2 Å². The SMILES string of the molecule is CCC(=O)N1CCSc2nnc(COc3ccccc3F)n21. The number of hydrogen-bond acceptors (Lipinski definition) is 5. The van der Waals surface area contributed by atoms with Gasteiger partial charge in [-0.05, 0) is 12.1 Å². The molecule has 0 bridgehead atoms. The second kappa shape index (κ2) is 6.35. The number of carbonyl (C=O) groups excluding carboxylic acids is 1. The Morgan fingerprint density at radius 1 is 1.41 bits per heavy atom. The highest BCUT2D eigenvalue weighted by atomic mass is 32.2. The monoisotopic (exact) mass is 322 g/mol. The molecule has 1 amide bonds. The van der Waals surface area contributed by atoms with Crippen molar-refractivity contribution in [2.45, 2.75) is 25.1 Å². The summed E-state index contributed by atoms with van der Waals surface area (Å²) in [4.78, 5) is 12.0. The maximum Gasteiger partial charge on any atom is 0.241 e. The molecule has 0 saturated heterocycles. The zero-order chi connectivity index (χ0) is 15.5. The van der Waals surface area contributed by atoms with Gasteiger partial charge in [-0.15, -0.1) is 10.2 Å². The first kappa shape index (κ1) is 14.8. The van der Waals surface area contributed by atoms with Crippen molar-refractivity contribution in [1.82, 2.24) is 14.9 Å². The third kappa shape index (κ3) is 2.78. The number of para-hydroxylation sites is 1. The highest BCUT2D eigenvalue weighted by Crippen LogP contribution is 2.24. The van der Waals surface area contributed by atoms with E-state index in [-0.39, 0.29) is 18.3 Å². The first-order valence-corrected chi connectivity index (χ1v) is 7.94. The molecule has 0 radical (unpaired) electrons. The molecule has 0 N–H and O–H groups in total. The van der Waals surface area contributed by atoms with E-state index >= 15 is 0 Å². The van der Waals surface area contributed by atoms with Gasteiger partial charge in [-0.2, -0.15) is 0 Å². The number of ether oxygens (including phenoxy) is 1. The second-order valence-electron chi connectivity index (χ2n) is 4.65. The third-order valence-corrected chi connectivity index (χ3v) is 4.14. The number of rotatable bonds is 4. The summed E-state index contributed by atoms with van der Waals surface area (Å²) in [7, 11) is 0. The summed E-state index contributed by atoms with van der Waals surface area (Å²) >= 11 is 1.53. The number of halogens is 1. The van der Waals surface area contributed by atoms with Crippen LogP contribution >= 0.6 is 11.8 Å². The Kier molecular flexibility index (Phi) is 4.28. The minimum Gasteiger partial charge on any atom is -0.482 e. The Morgan fingerprint density at radius 3 is 3.00 bits per heavy atom. The van der Waals surface area contributed by atoms with Gasteiger partial charge >= 0.3 is 0 Å². The molecule has 1 aliphatic heterocycles. The van der Waals surface area contributed by atoms with Crippen LogP contribution in [0, 0.1) is 5.82 Å². The molecule has 1 aromatic carbocycles. The van der Waals surface area contributed by atoms with E-state index in [9.17, 15) is 9.18 Å². The van der Waals surface area contributed by atoms with Gasteiger partial charge in [0, 0.05) is 12.2 Å². The maximum atomic E-state index is 13.6. The van der Waals surface area contributed by atoms with Crippen molar-refractivity contribution >= 4 is 17.7 Å². The van der Waals surface area contributed by atoms with E-state index in [2.05, 4.69) is 10.2 Å². The molecule has 0 unspecified atom stereocenters. The zero-order valence-corrected chi connectivity index (χ0v) is 12.8. The first-order chi connectivity index (χ1) is 10.7. The maximum absolute atomic E-state index is 13.6. The smallest absolute Gasteiger partial charge is 0.241 e. The summed E-state index contributed by atoms with van der Waals surface area (Å²) < 4.78 is 20.7. The molecule has 0 fully saturated rings. The summed E-state index contributed by atoms with van der Waals surface area (Å²) in [5, 5.41) is 10.4. The third-order valence-electron chi connectivity index (χ3n) is 3.24. The van der Waals surface area contributed by atoms with Crippen LogP contribution in [0.5, 0.6) is 5.75 Å². The van der Waals surface area contributed by atoms with Crippen molar-refractivity contribution < 1.29 is 13.9 Å². The van der Waals surface area contributed by atoms with Crippen molar-refractivity contribution in [2.75, 3.05) is 17.3 Å². The lowest BCUT2D eigenvalue weighted by molar-refractivity contribution is -0.120. The van der Waals surface area contributed by atoms with Gasteiger partial charge in [-0.1, -0.05) is 30.8 Å². The number of benzene rings is 1. The Balaban J connectivity index is 1.82. The summed E-state index contributed by atoms with van der Waals surface area (Å²) in [6.45, 7) is 2.45. The van der Waals surface area contributed by atoms with E-state index < -0.39 is 5.82 Å². The van der Waals surface area contributed by atoms with Crippen molar-refractivity contribution in [2.24, 2.45) is 0 Å². The minimum absolute atomic E-state index is 0.00603. The standard InChI is InChI=1S/C14H15FN4O2S/c1-2-13(20)18-7-8-22-14-17-16-12(19(14)18)9-21-11-6-4-3-5-10(11)15/h3-6H,2,7-9H2,1H3. The van der Waals surface area contributed by atoms with E-state index in [0.717, 1.165) is 5.75 Å². The summed E-state index contributed by atoms with van der Waals surface area (Å²) in [6.07, 6.45) is 0.399. The Hall–Kier alpha value is -2.09. The highest BCUT2D eigenvalue weighted by molar-refractivity contribution is 7.99. The first-order valence-electron chi connectivity index (χ1n) is 6.95. The second-order valence-corrected chi connectivity index (χ2v) is 5.71. The van der Waals surface area contributed by atoms with Gasteiger partial charge < -0.3 is 4.74 Å². The van der Waals surface area contributed by atoms with E-state index in [0.29, 0.717) is 23.9 Å². The van der Waals surface area contributed by atoms with Crippen LogP contribution in [0.2, 0.25) is 0 Å². The fraction of sp³-hybridized carbons (Fsp3) is 0.357. The zero-order valence-electron chi connectivity index (χ0n) is 12.0. The number of amides is 1. The number of hydrogen-bond donors (Lipinski definition) is 0. The Bertz CT molecular complexity index is 691. The van der Waals surface area contributed by atoms with E-state index in [1.807, 2.05) is 6.92 Å². The summed E-state index contributed by atoms with van der Waals surface area (Å²) in [5.74, 6) is 0.965. The quantitative estimate of drug-likeness (QED) is 0.861. The average Bonchev–Trinajstić information content (AvgIpc) is 2.96. The lowest BCUT2D eigenvalue weighted by Gasteiger charge is -2.28. The number of thioether (sulfide) groups is 1. The molecular formula is C14H15FN4O2S. The van der Waals surface area contributed by atoms with Crippen molar-refractivity contribution in [3.63, 3.8) is 0 Å². The van der Waals surface area contributed by atoms with Gasteiger partial charge in [-0.25, -0.2) is 14.1 Å².